The summed E-state index contributed by atoms with van der Waals surface area (Å²) in [4.78, 5) is 0. The number of thiophene rings is 1. The van der Waals surface area contributed by atoms with Crippen LogP contribution in [0.3, 0.4) is 0 Å². The zero-order chi connectivity index (χ0) is 12.3. The number of hydrogen-bond donors (Lipinski definition) is 1. The predicted octanol–water partition coefficient (Wildman–Crippen LogP) is 3.24. The molecule has 0 saturated heterocycles. The van der Waals surface area contributed by atoms with Crippen molar-refractivity contribution >= 4 is 23.7 Å². The molecule has 2 rings (SSSR count). The van der Waals surface area contributed by atoms with Crippen molar-refractivity contribution in [2.45, 2.75) is 6.04 Å². The van der Waals surface area contributed by atoms with E-state index < -0.39 is 0 Å². The molecule has 1 aromatic heterocycles. The van der Waals surface area contributed by atoms with Crippen molar-refractivity contribution in [2.24, 2.45) is 5.73 Å². The number of benzene rings is 1. The van der Waals surface area contributed by atoms with E-state index in [9.17, 15) is 0 Å². The third-order valence-electron chi connectivity index (χ3n) is 2.68. The van der Waals surface area contributed by atoms with Crippen molar-refractivity contribution in [1.29, 1.82) is 0 Å². The first-order valence-corrected chi connectivity index (χ1v) is 6.20. The number of halogens is 1. The number of nitrogens with two attached hydrogens (primary N) is 1. The fourth-order valence-electron chi connectivity index (χ4n) is 1.81. The summed E-state index contributed by atoms with van der Waals surface area (Å²) in [5, 5.41) is 4.05. The standard InChI is InChI=1S/C13H15NO2S.ClH/c1-15-10-4-3-5-11(16-2)12(10)13(14)9-6-7-17-8-9;/h3-8,13H,14H2,1-2H3;1H/t13-;/m1./s1. The number of rotatable bonds is 4. The first-order valence-electron chi connectivity index (χ1n) is 5.26. The van der Waals surface area contributed by atoms with Crippen LogP contribution < -0.4 is 15.2 Å². The van der Waals surface area contributed by atoms with Gasteiger partial charge in [0.1, 0.15) is 11.5 Å². The summed E-state index contributed by atoms with van der Waals surface area (Å²) in [7, 11) is 3.28. The highest BCUT2D eigenvalue weighted by Crippen LogP contribution is 2.36. The molecule has 0 spiro atoms. The van der Waals surface area contributed by atoms with Crippen LogP contribution in [0.1, 0.15) is 17.2 Å². The molecule has 0 aliphatic rings. The molecule has 0 saturated carbocycles. The van der Waals surface area contributed by atoms with E-state index in [0.29, 0.717) is 0 Å². The highest BCUT2D eigenvalue weighted by atomic mass is 35.5. The summed E-state index contributed by atoms with van der Waals surface area (Å²) in [6.07, 6.45) is 0. The lowest BCUT2D eigenvalue weighted by atomic mass is 10.00. The second-order valence-corrected chi connectivity index (χ2v) is 4.39. The molecule has 5 heteroatoms. The largest absolute Gasteiger partial charge is 0.496 e. The second-order valence-electron chi connectivity index (χ2n) is 3.61. The van der Waals surface area contributed by atoms with E-state index in [0.717, 1.165) is 22.6 Å². The highest BCUT2D eigenvalue weighted by Gasteiger charge is 2.19. The molecule has 0 aliphatic heterocycles. The van der Waals surface area contributed by atoms with E-state index in [4.69, 9.17) is 15.2 Å². The molecule has 0 unspecified atom stereocenters. The van der Waals surface area contributed by atoms with Gasteiger partial charge in [-0.05, 0) is 34.5 Å². The molecule has 0 fully saturated rings. The van der Waals surface area contributed by atoms with Gasteiger partial charge in [0.25, 0.3) is 0 Å². The molecular weight excluding hydrogens is 270 g/mol. The van der Waals surface area contributed by atoms with Gasteiger partial charge in [-0.25, -0.2) is 0 Å². The molecule has 0 radical (unpaired) electrons. The molecule has 0 amide bonds. The molecule has 18 heavy (non-hydrogen) atoms. The Labute approximate surface area is 117 Å². The maximum Gasteiger partial charge on any atom is 0.127 e. The zero-order valence-electron chi connectivity index (χ0n) is 10.3. The predicted molar refractivity (Wildman–Crippen MR) is 77.1 cm³/mol. The second kappa shape index (κ2) is 6.64. The Morgan fingerprint density at radius 1 is 1.11 bits per heavy atom. The lowest BCUT2D eigenvalue weighted by Crippen LogP contribution is -2.13. The van der Waals surface area contributed by atoms with Crippen LogP contribution in [0.4, 0.5) is 0 Å². The lowest BCUT2D eigenvalue weighted by Gasteiger charge is -2.18. The first kappa shape index (κ1) is 14.8. The Kier molecular flexibility index (Phi) is 5.47. The smallest absolute Gasteiger partial charge is 0.127 e. The monoisotopic (exact) mass is 285 g/mol. The third kappa shape index (κ3) is 2.77. The number of hydrogen-bond acceptors (Lipinski definition) is 4. The van der Waals surface area contributed by atoms with Crippen molar-refractivity contribution in [2.75, 3.05) is 14.2 Å². The van der Waals surface area contributed by atoms with Crippen LogP contribution in [0.25, 0.3) is 0 Å². The molecule has 0 aliphatic carbocycles. The summed E-state index contributed by atoms with van der Waals surface area (Å²) >= 11 is 1.63. The number of ether oxygens (including phenoxy) is 2. The molecule has 2 N–H and O–H groups in total. The van der Waals surface area contributed by atoms with Crippen LogP contribution in [0.15, 0.2) is 35.0 Å². The maximum atomic E-state index is 6.26. The molecule has 0 bridgehead atoms. The van der Waals surface area contributed by atoms with E-state index in [1.54, 1.807) is 25.6 Å². The molecule has 1 heterocycles. The Balaban J connectivity index is 0.00000162. The fraction of sp³-hybridized carbons (Fsp3) is 0.231. The topological polar surface area (TPSA) is 44.5 Å². The minimum atomic E-state index is -0.229. The quantitative estimate of drug-likeness (QED) is 0.938. The zero-order valence-corrected chi connectivity index (χ0v) is 11.9. The summed E-state index contributed by atoms with van der Waals surface area (Å²) in [5.74, 6) is 1.51. The van der Waals surface area contributed by atoms with Gasteiger partial charge in [-0.3, -0.25) is 0 Å². The average molecular weight is 286 g/mol. The lowest BCUT2D eigenvalue weighted by molar-refractivity contribution is 0.382. The van der Waals surface area contributed by atoms with E-state index in [1.165, 1.54) is 0 Å². The molecule has 1 atom stereocenters. The molecule has 1 aromatic carbocycles. The van der Waals surface area contributed by atoms with Gasteiger partial charge in [0.15, 0.2) is 0 Å². The van der Waals surface area contributed by atoms with E-state index >= 15 is 0 Å². The van der Waals surface area contributed by atoms with E-state index in [1.807, 2.05) is 35.0 Å². The van der Waals surface area contributed by atoms with Crippen molar-refractivity contribution in [3.63, 3.8) is 0 Å². The Morgan fingerprint density at radius 3 is 2.17 bits per heavy atom. The Morgan fingerprint density at radius 2 is 1.72 bits per heavy atom. The summed E-state index contributed by atoms with van der Waals surface area (Å²) in [6, 6.07) is 7.46. The van der Waals surface area contributed by atoms with Crippen LogP contribution >= 0.6 is 23.7 Å². The van der Waals surface area contributed by atoms with Crippen LogP contribution in [-0.4, -0.2) is 14.2 Å². The van der Waals surface area contributed by atoms with Crippen LogP contribution in [0.2, 0.25) is 0 Å². The summed E-state index contributed by atoms with van der Waals surface area (Å²) < 4.78 is 10.7. The first-order chi connectivity index (χ1) is 8.27. The van der Waals surface area contributed by atoms with Crippen LogP contribution in [0, 0.1) is 0 Å². The fourth-order valence-corrected chi connectivity index (χ4v) is 2.50. The van der Waals surface area contributed by atoms with Gasteiger partial charge in [-0.15, -0.1) is 12.4 Å². The minimum absolute atomic E-state index is 0. The van der Waals surface area contributed by atoms with Crippen molar-refractivity contribution < 1.29 is 9.47 Å². The van der Waals surface area contributed by atoms with E-state index in [-0.39, 0.29) is 18.4 Å². The average Bonchev–Trinajstić information content (AvgIpc) is 2.90. The molecule has 98 valence electrons. The van der Waals surface area contributed by atoms with Gasteiger partial charge < -0.3 is 15.2 Å². The summed E-state index contributed by atoms with van der Waals surface area (Å²) in [5.41, 5.74) is 8.21. The van der Waals surface area contributed by atoms with Crippen LogP contribution in [-0.2, 0) is 0 Å². The normalized spacial score (nSPS) is 11.5. The van der Waals surface area contributed by atoms with Crippen molar-refractivity contribution in [1.82, 2.24) is 0 Å². The van der Waals surface area contributed by atoms with Crippen molar-refractivity contribution in [3.05, 3.63) is 46.2 Å². The van der Waals surface area contributed by atoms with Gasteiger partial charge in [0.05, 0.1) is 25.8 Å². The molecule has 2 aromatic rings. The Bertz CT molecular complexity index is 465. The van der Waals surface area contributed by atoms with Crippen molar-refractivity contribution in [3.8, 4) is 11.5 Å². The number of methoxy groups -OCH3 is 2. The minimum Gasteiger partial charge on any atom is -0.496 e. The molecule has 3 nitrogen and oxygen atoms in total. The third-order valence-corrected chi connectivity index (χ3v) is 3.38. The van der Waals surface area contributed by atoms with Gasteiger partial charge in [-0.1, -0.05) is 6.07 Å². The Hall–Kier alpha value is -1.23. The van der Waals surface area contributed by atoms with Gasteiger partial charge in [-0.2, -0.15) is 11.3 Å². The van der Waals surface area contributed by atoms with Crippen LogP contribution in [0.5, 0.6) is 11.5 Å². The maximum absolute atomic E-state index is 6.26. The van der Waals surface area contributed by atoms with Gasteiger partial charge in [0, 0.05) is 0 Å². The van der Waals surface area contributed by atoms with E-state index in [2.05, 4.69) is 0 Å². The summed E-state index contributed by atoms with van der Waals surface area (Å²) in [6.45, 7) is 0. The highest BCUT2D eigenvalue weighted by molar-refractivity contribution is 7.08. The SMILES string of the molecule is COc1cccc(OC)c1[C@H](N)c1ccsc1.Cl. The molecular formula is C13H16ClNO2S. The van der Waals surface area contributed by atoms with Gasteiger partial charge >= 0.3 is 0 Å². The van der Waals surface area contributed by atoms with Gasteiger partial charge in [0.2, 0.25) is 0 Å².